The maximum atomic E-state index is 11.4. The lowest BCUT2D eigenvalue weighted by molar-refractivity contribution is -0.326. The van der Waals surface area contributed by atoms with Gasteiger partial charge in [-0.3, -0.25) is 4.55 Å². The van der Waals surface area contributed by atoms with Crippen molar-refractivity contribution < 1.29 is 51.4 Å². The van der Waals surface area contributed by atoms with E-state index in [1.165, 1.54) is 6.92 Å². The minimum absolute atomic E-state index is 0.166. The van der Waals surface area contributed by atoms with Crippen LogP contribution >= 0.6 is 0 Å². The molecule has 258 valence electrons. The standard InChI is InChI=1S/C33H54O11S/c1-16-8-11-33(40-15-16)17(2)26-24(43-33)14-23-21-7-6-19-12-20(34)13-25(32(19,5)22(21)9-10-31(23,26)4)42-30-28(36)27(35)29(18(3)41-30)44-45(37,38)39/h16-30,34-36H,6-15H2,1-5H3,(H,37,38,39)/t16-,17-,18-,19-,20+,21+,22-,23-,24?,25+,26-,27-,28-,29+,30+,31-,32-,33?/m0/s1. The third-order valence-electron chi connectivity index (χ3n) is 14.3. The van der Waals surface area contributed by atoms with Crippen LogP contribution in [0.15, 0.2) is 0 Å². The average molecular weight is 659 g/mol. The zero-order chi connectivity index (χ0) is 32.3. The van der Waals surface area contributed by atoms with Gasteiger partial charge in [0.15, 0.2) is 12.1 Å². The number of aliphatic hydroxyl groups excluding tert-OH is 3. The molecule has 3 saturated heterocycles. The Balaban J connectivity index is 1.11. The minimum atomic E-state index is -4.88. The lowest BCUT2D eigenvalue weighted by Gasteiger charge is -2.63. The van der Waals surface area contributed by atoms with E-state index in [-0.39, 0.29) is 22.9 Å². The number of rotatable bonds is 4. The maximum Gasteiger partial charge on any atom is 0.397 e. The van der Waals surface area contributed by atoms with Crippen molar-refractivity contribution in [1.82, 2.24) is 0 Å². The summed E-state index contributed by atoms with van der Waals surface area (Å²) in [7, 11) is -4.88. The van der Waals surface area contributed by atoms with E-state index < -0.39 is 59.1 Å². The van der Waals surface area contributed by atoms with E-state index in [0.717, 1.165) is 51.6 Å². The molecular weight excluding hydrogens is 604 g/mol. The molecule has 0 bridgehead atoms. The van der Waals surface area contributed by atoms with Crippen molar-refractivity contribution in [2.24, 2.45) is 52.3 Å². The van der Waals surface area contributed by atoms with Crippen LogP contribution in [0.4, 0.5) is 0 Å². The molecule has 3 heterocycles. The van der Waals surface area contributed by atoms with Crippen LogP contribution in [0.2, 0.25) is 0 Å². The fourth-order valence-electron chi connectivity index (χ4n) is 12.0. The summed E-state index contributed by atoms with van der Waals surface area (Å²) in [5, 5.41) is 32.7. The van der Waals surface area contributed by atoms with E-state index in [4.69, 9.17) is 18.9 Å². The Morgan fingerprint density at radius 2 is 1.64 bits per heavy atom. The van der Waals surface area contributed by atoms with Crippen molar-refractivity contribution in [2.45, 2.75) is 147 Å². The number of hydrogen-bond donors (Lipinski definition) is 4. The second-order valence-corrected chi connectivity index (χ2v) is 17.5. The van der Waals surface area contributed by atoms with Crippen molar-refractivity contribution in [3.63, 3.8) is 0 Å². The molecule has 18 atom stereocenters. The van der Waals surface area contributed by atoms with E-state index in [9.17, 15) is 28.3 Å². The fraction of sp³-hybridized carbons (Fsp3) is 1.00. The van der Waals surface area contributed by atoms with Gasteiger partial charge in [-0.1, -0.05) is 27.7 Å². The zero-order valence-electron chi connectivity index (χ0n) is 27.3. The van der Waals surface area contributed by atoms with Gasteiger partial charge in [-0.05, 0) is 98.2 Å². The van der Waals surface area contributed by atoms with Crippen LogP contribution in [0, 0.1) is 52.3 Å². The third kappa shape index (κ3) is 5.18. The number of ether oxygens (including phenoxy) is 4. The van der Waals surface area contributed by atoms with Crippen molar-refractivity contribution >= 4 is 10.4 Å². The van der Waals surface area contributed by atoms with Crippen LogP contribution in [0.3, 0.4) is 0 Å². The van der Waals surface area contributed by atoms with E-state index >= 15 is 0 Å². The highest BCUT2D eigenvalue weighted by Gasteiger charge is 2.70. The van der Waals surface area contributed by atoms with Crippen LogP contribution in [0.5, 0.6) is 0 Å². The summed E-state index contributed by atoms with van der Waals surface area (Å²) >= 11 is 0. The fourth-order valence-corrected chi connectivity index (χ4v) is 12.6. The van der Waals surface area contributed by atoms with Crippen molar-refractivity contribution in [2.75, 3.05) is 6.61 Å². The van der Waals surface area contributed by atoms with Gasteiger partial charge in [0.25, 0.3) is 0 Å². The van der Waals surface area contributed by atoms with Gasteiger partial charge < -0.3 is 34.3 Å². The molecule has 0 aromatic carbocycles. The van der Waals surface area contributed by atoms with Gasteiger partial charge in [-0.15, -0.1) is 0 Å². The highest BCUT2D eigenvalue weighted by Crippen LogP contribution is 2.71. The molecule has 2 unspecified atom stereocenters. The summed E-state index contributed by atoms with van der Waals surface area (Å²) in [6.45, 7) is 11.7. The van der Waals surface area contributed by atoms with Gasteiger partial charge in [-0.2, -0.15) is 8.42 Å². The minimum Gasteiger partial charge on any atom is -0.393 e. The monoisotopic (exact) mass is 658 g/mol. The van der Waals surface area contributed by atoms with Gasteiger partial charge in [0, 0.05) is 18.8 Å². The molecule has 7 aliphatic rings. The Hall–Kier alpha value is -0.410. The predicted octanol–water partition coefficient (Wildman–Crippen LogP) is 3.44. The highest BCUT2D eigenvalue weighted by molar-refractivity contribution is 7.80. The summed E-state index contributed by atoms with van der Waals surface area (Å²) in [4.78, 5) is 0. The van der Waals surface area contributed by atoms with Gasteiger partial charge in [0.1, 0.15) is 18.3 Å². The van der Waals surface area contributed by atoms with Crippen molar-refractivity contribution in [3.8, 4) is 0 Å². The molecule has 4 N–H and O–H groups in total. The lowest BCUT2D eigenvalue weighted by atomic mass is 9.43. The molecule has 0 amide bonds. The first kappa shape index (κ1) is 33.1. The van der Waals surface area contributed by atoms with E-state index in [2.05, 4.69) is 31.9 Å². The van der Waals surface area contributed by atoms with E-state index in [1.54, 1.807) is 0 Å². The summed E-state index contributed by atoms with van der Waals surface area (Å²) in [5.74, 6) is 2.57. The molecule has 45 heavy (non-hydrogen) atoms. The number of fused-ring (bicyclic) bond motifs is 7. The molecule has 7 fully saturated rings. The van der Waals surface area contributed by atoms with E-state index in [1.807, 2.05) is 0 Å². The molecule has 7 rings (SSSR count). The smallest absolute Gasteiger partial charge is 0.393 e. The zero-order valence-corrected chi connectivity index (χ0v) is 28.1. The molecule has 0 radical (unpaired) electrons. The van der Waals surface area contributed by atoms with Gasteiger partial charge >= 0.3 is 10.4 Å². The second kappa shape index (κ2) is 11.3. The Kier molecular flexibility index (Phi) is 8.32. The van der Waals surface area contributed by atoms with E-state index in [0.29, 0.717) is 48.3 Å². The first-order chi connectivity index (χ1) is 21.1. The Morgan fingerprint density at radius 1 is 0.889 bits per heavy atom. The summed E-state index contributed by atoms with van der Waals surface area (Å²) in [6, 6.07) is 0. The van der Waals surface area contributed by atoms with Gasteiger partial charge in [0.2, 0.25) is 0 Å². The first-order valence-corrected chi connectivity index (χ1v) is 18.8. The molecule has 1 spiro atoms. The largest absolute Gasteiger partial charge is 0.397 e. The molecule has 4 saturated carbocycles. The highest BCUT2D eigenvalue weighted by atomic mass is 32.3. The molecular formula is C33H54O11S. The molecule has 12 heteroatoms. The molecule has 11 nitrogen and oxygen atoms in total. The van der Waals surface area contributed by atoms with Crippen LogP contribution in [-0.4, -0.2) is 89.7 Å². The SMILES string of the molecule is C[C@H]1CCC2(OC1)OC1C[C@H]3[C@@H]4CC[C@H]5C[C@@H](O)C[C@@H](O[C@H]6O[C@@H](C)[C@@H](OS(=O)(=O)O)[C@@H](O)[C@@H]6O)[C@]5(C)[C@H]4CC[C@]3(C)[C@H]1[C@@H]2C. The number of aliphatic hydroxyl groups is 3. The van der Waals surface area contributed by atoms with Crippen LogP contribution < -0.4 is 0 Å². The Labute approximate surface area is 267 Å². The molecule has 3 aliphatic heterocycles. The van der Waals surface area contributed by atoms with Crippen LogP contribution in [-0.2, 0) is 33.5 Å². The van der Waals surface area contributed by atoms with Crippen molar-refractivity contribution in [1.29, 1.82) is 0 Å². The van der Waals surface area contributed by atoms with Gasteiger partial charge in [0.05, 0.1) is 31.0 Å². The normalized spacial score (nSPS) is 58.0. The average Bonchev–Trinajstić information content (AvgIpc) is 3.41. The summed E-state index contributed by atoms with van der Waals surface area (Å²) in [6.07, 6.45) is 0.783. The quantitative estimate of drug-likeness (QED) is 0.328. The topological polar surface area (TPSA) is 161 Å². The predicted molar refractivity (Wildman–Crippen MR) is 161 cm³/mol. The molecule has 4 aliphatic carbocycles. The van der Waals surface area contributed by atoms with Crippen LogP contribution in [0.25, 0.3) is 0 Å². The second-order valence-electron chi connectivity index (χ2n) is 16.5. The summed E-state index contributed by atoms with van der Waals surface area (Å²) in [5.41, 5.74) is -0.115. The van der Waals surface area contributed by atoms with Gasteiger partial charge in [-0.25, -0.2) is 4.18 Å². The number of hydrogen-bond acceptors (Lipinski definition) is 10. The molecule has 0 aromatic heterocycles. The Morgan fingerprint density at radius 3 is 2.33 bits per heavy atom. The molecule has 0 aromatic rings. The Bertz CT molecular complexity index is 1220. The lowest BCUT2D eigenvalue weighted by Crippen LogP contribution is -2.63. The maximum absolute atomic E-state index is 11.4. The van der Waals surface area contributed by atoms with Crippen molar-refractivity contribution in [3.05, 3.63) is 0 Å². The third-order valence-corrected chi connectivity index (χ3v) is 14.7. The summed E-state index contributed by atoms with van der Waals surface area (Å²) < 4.78 is 62.4. The first-order valence-electron chi connectivity index (χ1n) is 17.4. The van der Waals surface area contributed by atoms with Crippen LogP contribution in [0.1, 0.15) is 92.4 Å².